The molecule has 0 aromatic carbocycles. The summed E-state index contributed by atoms with van der Waals surface area (Å²) in [6, 6.07) is 0. The quantitative estimate of drug-likeness (QED) is 0.505. The Morgan fingerprint density at radius 1 is 1.22 bits per heavy atom. The molecule has 0 nitrogen and oxygen atoms in total. The zero-order valence-corrected chi connectivity index (χ0v) is 7.11. The molecule has 1 rings (SSSR count). The lowest BCUT2D eigenvalue weighted by Crippen LogP contribution is -1.86. The molecule has 0 spiro atoms. The van der Waals surface area contributed by atoms with Crippen molar-refractivity contribution in [1.29, 1.82) is 0 Å². The Morgan fingerprint density at radius 3 is 1.89 bits per heavy atom. The normalized spacial score (nSPS) is 19.0. The van der Waals surface area contributed by atoms with Crippen molar-refractivity contribution in [2.45, 2.75) is 52.9 Å². The molecule has 0 saturated heterocycles. The standard InChI is InChI=1S/C7H14.C2H6.H2/c1-2-7-5-3-4-6-7;1-2;/h7H,2-6H2,1H3;1-2H3;1H. The first-order valence-corrected chi connectivity index (χ1v) is 4.43. The minimum Gasteiger partial charge on any atom is -0.0683 e. The molecule has 1 aliphatic rings. The first-order chi connectivity index (χ1) is 4.43. The van der Waals surface area contributed by atoms with Crippen LogP contribution in [-0.2, 0) is 0 Å². The highest BCUT2D eigenvalue weighted by Crippen LogP contribution is 2.26. The van der Waals surface area contributed by atoms with Gasteiger partial charge in [-0.1, -0.05) is 52.9 Å². The van der Waals surface area contributed by atoms with Crippen molar-refractivity contribution in [3.05, 3.63) is 0 Å². The van der Waals surface area contributed by atoms with Crippen molar-refractivity contribution in [3.8, 4) is 0 Å². The van der Waals surface area contributed by atoms with Crippen molar-refractivity contribution in [1.82, 2.24) is 0 Å². The van der Waals surface area contributed by atoms with Gasteiger partial charge in [0.25, 0.3) is 0 Å². The van der Waals surface area contributed by atoms with E-state index in [4.69, 9.17) is 0 Å². The summed E-state index contributed by atoms with van der Waals surface area (Å²) in [5.74, 6) is 1.10. The van der Waals surface area contributed by atoms with E-state index in [1.807, 2.05) is 13.8 Å². The Bertz CT molecular complexity index is 46.7. The first kappa shape index (κ1) is 9.00. The van der Waals surface area contributed by atoms with Crippen LogP contribution in [0.25, 0.3) is 0 Å². The second kappa shape index (κ2) is 6.12. The fourth-order valence-electron chi connectivity index (χ4n) is 1.42. The van der Waals surface area contributed by atoms with E-state index in [0.29, 0.717) is 0 Å². The molecular formula is C9H22. The smallest absolute Gasteiger partial charge is 0 e. The van der Waals surface area contributed by atoms with E-state index in [2.05, 4.69) is 6.92 Å². The molecule has 0 radical (unpaired) electrons. The van der Waals surface area contributed by atoms with Gasteiger partial charge in [-0.3, -0.25) is 0 Å². The predicted octanol–water partition coefficient (Wildman–Crippen LogP) is 3.86. The summed E-state index contributed by atoms with van der Waals surface area (Å²) < 4.78 is 0. The van der Waals surface area contributed by atoms with Crippen LogP contribution in [0.5, 0.6) is 0 Å². The van der Waals surface area contributed by atoms with Gasteiger partial charge in [0.05, 0.1) is 0 Å². The molecule has 0 bridgehead atoms. The molecule has 58 valence electrons. The summed E-state index contributed by atoms with van der Waals surface area (Å²) in [6.07, 6.45) is 7.43. The van der Waals surface area contributed by atoms with Crippen molar-refractivity contribution in [2.24, 2.45) is 5.92 Å². The monoisotopic (exact) mass is 130 g/mol. The molecule has 0 aromatic rings. The van der Waals surface area contributed by atoms with E-state index < -0.39 is 0 Å². The molecule has 1 aliphatic carbocycles. The molecule has 1 saturated carbocycles. The van der Waals surface area contributed by atoms with Gasteiger partial charge in [0.2, 0.25) is 0 Å². The molecule has 0 aliphatic heterocycles. The van der Waals surface area contributed by atoms with E-state index in [1.165, 1.54) is 32.1 Å². The van der Waals surface area contributed by atoms with E-state index >= 15 is 0 Å². The molecule has 0 aromatic heterocycles. The van der Waals surface area contributed by atoms with Crippen LogP contribution in [0.15, 0.2) is 0 Å². The highest BCUT2D eigenvalue weighted by Gasteiger charge is 2.11. The first-order valence-electron chi connectivity index (χ1n) is 4.43. The Kier molecular flexibility index (Phi) is 6.12. The maximum absolute atomic E-state index is 2.30. The van der Waals surface area contributed by atoms with Gasteiger partial charge in [0.1, 0.15) is 0 Å². The van der Waals surface area contributed by atoms with Crippen LogP contribution >= 0.6 is 0 Å². The van der Waals surface area contributed by atoms with Gasteiger partial charge in [0.15, 0.2) is 0 Å². The summed E-state index contributed by atoms with van der Waals surface area (Å²) in [4.78, 5) is 0. The molecule has 0 unspecified atom stereocenters. The molecular weight excluding hydrogens is 108 g/mol. The van der Waals surface area contributed by atoms with Gasteiger partial charge < -0.3 is 0 Å². The third-order valence-electron chi connectivity index (χ3n) is 2.05. The van der Waals surface area contributed by atoms with Crippen LogP contribution in [0.2, 0.25) is 0 Å². The molecule has 0 heteroatoms. The van der Waals surface area contributed by atoms with Gasteiger partial charge in [-0.2, -0.15) is 0 Å². The second-order valence-electron chi connectivity index (χ2n) is 2.56. The second-order valence-corrected chi connectivity index (χ2v) is 2.56. The lowest BCUT2D eigenvalue weighted by atomic mass is 10.1. The molecule has 9 heavy (non-hydrogen) atoms. The van der Waals surface area contributed by atoms with Crippen molar-refractivity contribution >= 4 is 0 Å². The average molecular weight is 130 g/mol. The molecule has 0 atom stereocenters. The topological polar surface area (TPSA) is 0 Å². The molecule has 0 heterocycles. The number of hydrogen-bond acceptors (Lipinski definition) is 0. The minimum atomic E-state index is 0. The lowest BCUT2D eigenvalue weighted by Gasteiger charge is -1.99. The zero-order valence-electron chi connectivity index (χ0n) is 7.11. The highest BCUT2D eigenvalue weighted by atomic mass is 14.2. The SMILES string of the molecule is CC.CCC1CCCC1.[HH]. The summed E-state index contributed by atoms with van der Waals surface area (Å²) in [5.41, 5.74) is 0. The average Bonchev–Trinajstić information content (AvgIpc) is 2.43. The van der Waals surface area contributed by atoms with Crippen LogP contribution in [0.4, 0.5) is 0 Å². The summed E-state index contributed by atoms with van der Waals surface area (Å²) in [7, 11) is 0. The summed E-state index contributed by atoms with van der Waals surface area (Å²) in [5, 5.41) is 0. The van der Waals surface area contributed by atoms with Crippen LogP contribution in [0, 0.1) is 5.92 Å². The van der Waals surface area contributed by atoms with Crippen molar-refractivity contribution < 1.29 is 1.43 Å². The summed E-state index contributed by atoms with van der Waals surface area (Å²) in [6.45, 7) is 6.30. The maximum Gasteiger partial charge on any atom is 0 e. The third kappa shape index (κ3) is 3.56. The largest absolute Gasteiger partial charge is 0.0683 e. The zero-order chi connectivity index (χ0) is 7.11. The molecule has 1 fully saturated rings. The van der Waals surface area contributed by atoms with Gasteiger partial charge in [-0.25, -0.2) is 0 Å². The molecule has 0 N–H and O–H groups in total. The van der Waals surface area contributed by atoms with Crippen LogP contribution in [0.1, 0.15) is 54.3 Å². The van der Waals surface area contributed by atoms with Gasteiger partial charge in [-0.15, -0.1) is 0 Å². The fraction of sp³-hybridized carbons (Fsp3) is 1.00. The summed E-state index contributed by atoms with van der Waals surface area (Å²) >= 11 is 0. The Morgan fingerprint density at radius 2 is 1.67 bits per heavy atom. The maximum atomic E-state index is 2.30. The number of hydrogen-bond donors (Lipinski definition) is 0. The third-order valence-corrected chi connectivity index (χ3v) is 2.05. The predicted molar refractivity (Wildman–Crippen MR) is 45.7 cm³/mol. The van der Waals surface area contributed by atoms with Crippen LogP contribution in [-0.4, -0.2) is 0 Å². The Hall–Kier alpha value is 0. The molecule has 0 amide bonds. The lowest BCUT2D eigenvalue weighted by molar-refractivity contribution is 0.531. The van der Waals surface area contributed by atoms with Crippen LogP contribution in [0.3, 0.4) is 0 Å². The van der Waals surface area contributed by atoms with E-state index in [1.54, 1.807) is 0 Å². The van der Waals surface area contributed by atoms with Gasteiger partial charge in [-0.05, 0) is 5.92 Å². The Labute approximate surface area is 61.1 Å². The highest BCUT2D eigenvalue weighted by molar-refractivity contribution is 4.64. The van der Waals surface area contributed by atoms with Crippen molar-refractivity contribution in [3.63, 3.8) is 0 Å². The fourth-order valence-corrected chi connectivity index (χ4v) is 1.42. The van der Waals surface area contributed by atoms with E-state index in [9.17, 15) is 0 Å². The van der Waals surface area contributed by atoms with Gasteiger partial charge in [0, 0.05) is 1.43 Å². The van der Waals surface area contributed by atoms with Crippen molar-refractivity contribution in [2.75, 3.05) is 0 Å². The van der Waals surface area contributed by atoms with E-state index in [0.717, 1.165) is 5.92 Å². The van der Waals surface area contributed by atoms with Crippen LogP contribution < -0.4 is 0 Å². The number of rotatable bonds is 1. The van der Waals surface area contributed by atoms with E-state index in [-0.39, 0.29) is 1.43 Å². The minimum absolute atomic E-state index is 0. The van der Waals surface area contributed by atoms with Gasteiger partial charge >= 0.3 is 0 Å². The Balaban J connectivity index is 0.